The Labute approximate surface area is 236 Å². The quantitative estimate of drug-likeness (QED) is 0.0720. The Morgan fingerprint density at radius 1 is 0.707 bits per heavy atom. The largest absolute Gasteiger partial charge is 0.481 e. The third-order valence-electron chi connectivity index (χ3n) is 5.52. The fourth-order valence-corrected chi connectivity index (χ4v) is 3.13. The van der Waals surface area contributed by atoms with E-state index in [0.717, 1.165) is 0 Å². The number of amides is 7. The zero-order valence-electron chi connectivity index (χ0n) is 23.3. The van der Waals surface area contributed by atoms with Gasteiger partial charge >= 0.3 is 5.97 Å². The number of hydrogen-bond acceptors (Lipinski definition) is 10. The zero-order valence-corrected chi connectivity index (χ0v) is 23.3. The molecular formula is C23H40N8O10. The molecule has 0 saturated heterocycles. The van der Waals surface area contributed by atoms with E-state index in [-0.39, 0.29) is 13.0 Å². The summed E-state index contributed by atoms with van der Waals surface area (Å²) in [4.78, 5) is 95.7. The van der Waals surface area contributed by atoms with E-state index in [1.165, 1.54) is 13.8 Å². The van der Waals surface area contributed by atoms with Crippen LogP contribution in [0.2, 0.25) is 0 Å². The van der Waals surface area contributed by atoms with Crippen molar-refractivity contribution >= 4 is 47.3 Å². The highest BCUT2D eigenvalue weighted by atomic mass is 16.4. The maximum absolute atomic E-state index is 12.8. The number of carbonyl (C=O) groups is 8. The molecule has 0 heterocycles. The van der Waals surface area contributed by atoms with Crippen molar-refractivity contribution in [1.29, 1.82) is 0 Å². The molecule has 18 nitrogen and oxygen atoms in total. The molecule has 0 rings (SSSR count). The van der Waals surface area contributed by atoms with Crippen LogP contribution in [0.4, 0.5) is 0 Å². The first-order valence-electron chi connectivity index (χ1n) is 12.6. The second-order valence-electron chi connectivity index (χ2n) is 9.37. The lowest BCUT2D eigenvalue weighted by molar-refractivity contribution is -0.138. The molecule has 0 aliphatic carbocycles. The molecule has 18 heteroatoms. The Hall–Kier alpha value is -4.32. The van der Waals surface area contributed by atoms with Gasteiger partial charge in [-0.25, -0.2) is 0 Å². The van der Waals surface area contributed by atoms with Gasteiger partial charge in [0.15, 0.2) is 0 Å². The number of rotatable bonds is 18. The number of aliphatic hydroxyl groups is 1. The number of carbonyl (C=O) groups excluding carboxylic acids is 7. The number of carboxylic acids is 1. The molecular weight excluding hydrogens is 548 g/mol. The average Bonchev–Trinajstić information content (AvgIpc) is 2.89. The van der Waals surface area contributed by atoms with E-state index in [0.29, 0.717) is 0 Å². The predicted molar refractivity (Wildman–Crippen MR) is 141 cm³/mol. The molecule has 0 bridgehead atoms. The standard InChI is InChI=1S/C23H40N8O10/c1-10(2)18(31-16(34)8-26-20(38)11(3)27-15(33)7-24)23(41)30-14(9-32)22(40)28-12(4)21(39)29-13(19(25)37)5-6-17(35)36/h10-14,18,32H,5-9,24H2,1-4H3,(H2,25,37)(H,26,38)(H,27,33)(H,28,40)(H,29,39)(H,30,41)(H,31,34)(H,35,36)/t11-,12-,13-,14-,18-/m0/s1. The molecule has 7 amide bonds. The molecule has 0 aliphatic rings. The maximum Gasteiger partial charge on any atom is 0.303 e. The van der Waals surface area contributed by atoms with E-state index >= 15 is 0 Å². The number of nitrogens with one attached hydrogen (secondary N) is 6. The van der Waals surface area contributed by atoms with Gasteiger partial charge in [0.2, 0.25) is 41.4 Å². The summed E-state index contributed by atoms with van der Waals surface area (Å²) in [5.74, 6) is -7.39. The van der Waals surface area contributed by atoms with Crippen molar-refractivity contribution in [3.8, 4) is 0 Å². The molecule has 41 heavy (non-hydrogen) atoms. The van der Waals surface area contributed by atoms with Crippen LogP contribution in [0.15, 0.2) is 0 Å². The van der Waals surface area contributed by atoms with Gasteiger partial charge in [-0.05, 0) is 26.2 Å². The molecule has 232 valence electrons. The van der Waals surface area contributed by atoms with Crippen molar-refractivity contribution in [2.24, 2.45) is 17.4 Å². The first-order chi connectivity index (χ1) is 19.0. The molecule has 0 saturated carbocycles. The summed E-state index contributed by atoms with van der Waals surface area (Å²) < 4.78 is 0. The molecule has 0 aromatic heterocycles. The van der Waals surface area contributed by atoms with Crippen LogP contribution in [0.1, 0.15) is 40.5 Å². The minimum atomic E-state index is -1.54. The Balaban J connectivity index is 5.10. The van der Waals surface area contributed by atoms with Crippen LogP contribution in [0, 0.1) is 5.92 Å². The summed E-state index contributed by atoms with van der Waals surface area (Å²) in [6.07, 6.45) is -0.721. The lowest BCUT2D eigenvalue weighted by Crippen LogP contribution is -2.59. The minimum absolute atomic E-state index is 0.276. The first-order valence-corrected chi connectivity index (χ1v) is 12.6. The van der Waals surface area contributed by atoms with Crippen molar-refractivity contribution in [3.05, 3.63) is 0 Å². The summed E-state index contributed by atoms with van der Waals surface area (Å²) in [6, 6.07) is -6.29. The summed E-state index contributed by atoms with van der Waals surface area (Å²) in [7, 11) is 0. The highest BCUT2D eigenvalue weighted by molar-refractivity contribution is 5.96. The molecule has 0 spiro atoms. The Morgan fingerprint density at radius 3 is 1.76 bits per heavy atom. The lowest BCUT2D eigenvalue weighted by atomic mass is 10.0. The second-order valence-corrected chi connectivity index (χ2v) is 9.37. The Kier molecular flexibility index (Phi) is 16.2. The van der Waals surface area contributed by atoms with Gasteiger partial charge in [0.05, 0.1) is 19.7 Å². The molecule has 0 aliphatic heterocycles. The predicted octanol–water partition coefficient (Wildman–Crippen LogP) is -5.48. The van der Waals surface area contributed by atoms with Crippen molar-refractivity contribution in [2.45, 2.75) is 70.7 Å². The van der Waals surface area contributed by atoms with E-state index in [2.05, 4.69) is 31.9 Å². The van der Waals surface area contributed by atoms with Crippen LogP contribution < -0.4 is 43.4 Å². The summed E-state index contributed by atoms with van der Waals surface area (Å²) in [5, 5.41) is 32.2. The van der Waals surface area contributed by atoms with Gasteiger partial charge in [-0.3, -0.25) is 38.4 Å². The summed E-state index contributed by atoms with van der Waals surface area (Å²) in [5.41, 5.74) is 10.3. The van der Waals surface area contributed by atoms with Gasteiger partial charge < -0.3 is 53.6 Å². The number of nitrogens with two attached hydrogens (primary N) is 2. The number of carboxylic acid groups (broad SMARTS) is 1. The highest BCUT2D eigenvalue weighted by Crippen LogP contribution is 2.03. The van der Waals surface area contributed by atoms with Crippen molar-refractivity contribution in [1.82, 2.24) is 31.9 Å². The summed E-state index contributed by atoms with van der Waals surface area (Å²) in [6.45, 7) is 4.06. The smallest absolute Gasteiger partial charge is 0.303 e. The van der Waals surface area contributed by atoms with E-state index in [9.17, 15) is 43.5 Å². The molecule has 5 atom stereocenters. The number of primary amides is 1. The fourth-order valence-electron chi connectivity index (χ4n) is 3.13. The van der Waals surface area contributed by atoms with Gasteiger partial charge in [-0.15, -0.1) is 0 Å². The van der Waals surface area contributed by atoms with Gasteiger partial charge in [-0.2, -0.15) is 0 Å². The Bertz CT molecular complexity index is 989. The van der Waals surface area contributed by atoms with Crippen molar-refractivity contribution in [2.75, 3.05) is 19.7 Å². The van der Waals surface area contributed by atoms with Gasteiger partial charge in [-0.1, -0.05) is 13.8 Å². The van der Waals surface area contributed by atoms with Crippen LogP contribution >= 0.6 is 0 Å². The number of aliphatic carboxylic acids is 1. The molecule has 0 aromatic rings. The van der Waals surface area contributed by atoms with Gasteiger partial charge in [0, 0.05) is 6.42 Å². The summed E-state index contributed by atoms with van der Waals surface area (Å²) >= 11 is 0. The van der Waals surface area contributed by atoms with Crippen LogP contribution in [0.25, 0.3) is 0 Å². The number of aliphatic hydroxyl groups excluding tert-OH is 1. The van der Waals surface area contributed by atoms with E-state index in [1.54, 1.807) is 13.8 Å². The van der Waals surface area contributed by atoms with Crippen molar-refractivity contribution < 1.29 is 48.6 Å². The highest BCUT2D eigenvalue weighted by Gasteiger charge is 2.30. The molecule has 0 fully saturated rings. The molecule has 0 unspecified atom stereocenters. The second kappa shape index (κ2) is 18.1. The van der Waals surface area contributed by atoms with E-state index < -0.39 is 103 Å². The van der Waals surface area contributed by atoms with Crippen LogP contribution in [0.5, 0.6) is 0 Å². The fraction of sp³-hybridized carbons (Fsp3) is 0.652. The minimum Gasteiger partial charge on any atom is -0.481 e. The molecule has 12 N–H and O–H groups in total. The monoisotopic (exact) mass is 588 g/mol. The lowest BCUT2D eigenvalue weighted by Gasteiger charge is -2.25. The SMILES string of the molecule is CC(C)[C@H](NC(=O)CNC(=O)[C@H](C)NC(=O)CN)C(=O)N[C@@H](CO)C(=O)N[C@@H](C)C(=O)N[C@@H](CCC(=O)O)C(N)=O. The van der Waals surface area contributed by atoms with Crippen LogP contribution in [-0.2, 0) is 38.4 Å². The zero-order chi connectivity index (χ0) is 31.9. The van der Waals surface area contributed by atoms with Gasteiger partial charge in [0.1, 0.15) is 30.2 Å². The topological polar surface area (TPSA) is 301 Å². The number of hydrogen-bond donors (Lipinski definition) is 10. The van der Waals surface area contributed by atoms with E-state index in [4.69, 9.17) is 16.6 Å². The third-order valence-corrected chi connectivity index (χ3v) is 5.52. The normalized spacial score (nSPS) is 14.3. The van der Waals surface area contributed by atoms with E-state index in [1.807, 2.05) is 0 Å². The van der Waals surface area contributed by atoms with Crippen LogP contribution in [-0.4, -0.2) is 107 Å². The molecule has 0 radical (unpaired) electrons. The van der Waals surface area contributed by atoms with Crippen LogP contribution in [0.3, 0.4) is 0 Å². The average molecular weight is 589 g/mol. The maximum atomic E-state index is 12.8. The molecule has 0 aromatic carbocycles. The Morgan fingerprint density at radius 2 is 1.27 bits per heavy atom. The third kappa shape index (κ3) is 14.0. The van der Waals surface area contributed by atoms with Crippen molar-refractivity contribution in [3.63, 3.8) is 0 Å². The first kappa shape index (κ1) is 36.7. The van der Waals surface area contributed by atoms with Gasteiger partial charge in [0.25, 0.3) is 0 Å².